The SMILES string of the molecule is O=C(Cc1cccnc1)N1CCC[C@H]1c1ncc(-c2ccc(Br)cc2)[nH]1. The molecule has 1 atom stereocenters. The van der Waals surface area contributed by atoms with Crippen molar-refractivity contribution in [1.82, 2.24) is 19.9 Å². The zero-order valence-corrected chi connectivity index (χ0v) is 15.8. The number of hydrogen-bond donors (Lipinski definition) is 1. The highest BCUT2D eigenvalue weighted by atomic mass is 79.9. The summed E-state index contributed by atoms with van der Waals surface area (Å²) in [7, 11) is 0. The zero-order valence-electron chi connectivity index (χ0n) is 14.2. The van der Waals surface area contributed by atoms with E-state index in [-0.39, 0.29) is 11.9 Å². The Labute approximate surface area is 160 Å². The third kappa shape index (κ3) is 3.55. The van der Waals surface area contributed by atoms with Crippen LogP contribution in [0.1, 0.15) is 30.3 Å². The fourth-order valence-corrected chi connectivity index (χ4v) is 3.67. The molecule has 3 aromatic rings. The van der Waals surface area contributed by atoms with Gasteiger partial charge in [-0.15, -0.1) is 0 Å². The number of nitrogens with zero attached hydrogens (tertiary/aromatic N) is 3. The third-order valence-electron chi connectivity index (χ3n) is 4.72. The second-order valence-electron chi connectivity index (χ2n) is 6.47. The van der Waals surface area contributed by atoms with Gasteiger partial charge in [0.2, 0.25) is 5.91 Å². The number of benzene rings is 1. The number of carbonyl (C=O) groups is 1. The molecule has 6 heteroatoms. The van der Waals surface area contributed by atoms with Crippen LogP contribution in [-0.2, 0) is 11.2 Å². The van der Waals surface area contributed by atoms with Crippen LogP contribution in [-0.4, -0.2) is 32.3 Å². The van der Waals surface area contributed by atoms with E-state index in [4.69, 9.17) is 0 Å². The molecule has 4 rings (SSSR count). The molecule has 1 aliphatic rings. The number of hydrogen-bond acceptors (Lipinski definition) is 3. The van der Waals surface area contributed by atoms with E-state index in [1.54, 1.807) is 12.4 Å². The van der Waals surface area contributed by atoms with Crippen LogP contribution >= 0.6 is 15.9 Å². The lowest BCUT2D eigenvalue weighted by atomic mass is 10.1. The first-order chi connectivity index (χ1) is 12.7. The van der Waals surface area contributed by atoms with Gasteiger partial charge in [-0.25, -0.2) is 4.98 Å². The van der Waals surface area contributed by atoms with Gasteiger partial charge in [0, 0.05) is 23.4 Å². The average Bonchev–Trinajstić information content (AvgIpc) is 3.32. The Kier molecular flexibility index (Phi) is 4.84. The first-order valence-electron chi connectivity index (χ1n) is 8.70. The summed E-state index contributed by atoms with van der Waals surface area (Å²) in [6.07, 6.45) is 7.63. The number of halogens is 1. The number of amides is 1. The molecular weight excluding hydrogens is 392 g/mol. The van der Waals surface area contributed by atoms with Crippen LogP contribution in [0.3, 0.4) is 0 Å². The maximum Gasteiger partial charge on any atom is 0.227 e. The van der Waals surface area contributed by atoms with Crippen LogP contribution in [0.2, 0.25) is 0 Å². The molecule has 1 saturated heterocycles. The Hall–Kier alpha value is -2.47. The van der Waals surface area contributed by atoms with Gasteiger partial charge in [-0.1, -0.05) is 34.1 Å². The molecule has 5 nitrogen and oxygen atoms in total. The summed E-state index contributed by atoms with van der Waals surface area (Å²) in [4.78, 5) is 26.8. The summed E-state index contributed by atoms with van der Waals surface area (Å²) in [5.74, 6) is 0.988. The van der Waals surface area contributed by atoms with Crippen LogP contribution in [0.5, 0.6) is 0 Å². The Balaban J connectivity index is 1.51. The molecule has 0 aliphatic carbocycles. The topological polar surface area (TPSA) is 61.9 Å². The second-order valence-corrected chi connectivity index (χ2v) is 7.39. The van der Waals surface area contributed by atoms with Gasteiger partial charge in [-0.05, 0) is 42.2 Å². The number of imidazole rings is 1. The summed E-state index contributed by atoms with van der Waals surface area (Å²) < 4.78 is 1.05. The summed E-state index contributed by atoms with van der Waals surface area (Å²) >= 11 is 3.45. The summed E-state index contributed by atoms with van der Waals surface area (Å²) in [6.45, 7) is 0.776. The van der Waals surface area contributed by atoms with Crippen LogP contribution in [0, 0.1) is 0 Å². The molecule has 1 aromatic carbocycles. The number of aromatic amines is 1. The molecule has 1 N–H and O–H groups in total. The minimum atomic E-state index is 0.0170. The van der Waals surface area contributed by atoms with Crippen molar-refractivity contribution in [1.29, 1.82) is 0 Å². The Morgan fingerprint density at radius 1 is 1.23 bits per heavy atom. The van der Waals surface area contributed by atoms with E-state index in [1.165, 1.54) is 0 Å². The maximum absolute atomic E-state index is 12.8. The van der Waals surface area contributed by atoms with E-state index in [0.717, 1.165) is 46.5 Å². The quantitative estimate of drug-likeness (QED) is 0.702. The summed E-state index contributed by atoms with van der Waals surface area (Å²) in [5.41, 5.74) is 3.00. The van der Waals surface area contributed by atoms with Crippen molar-refractivity contribution in [3.63, 3.8) is 0 Å². The Bertz CT molecular complexity index is 892. The highest BCUT2D eigenvalue weighted by Crippen LogP contribution is 2.32. The fourth-order valence-electron chi connectivity index (χ4n) is 3.41. The van der Waals surface area contributed by atoms with Gasteiger partial charge in [0.15, 0.2) is 0 Å². The van der Waals surface area contributed by atoms with Gasteiger partial charge in [-0.3, -0.25) is 9.78 Å². The van der Waals surface area contributed by atoms with Crippen molar-refractivity contribution in [3.8, 4) is 11.3 Å². The number of nitrogens with one attached hydrogen (secondary N) is 1. The minimum absolute atomic E-state index is 0.0170. The average molecular weight is 411 g/mol. The van der Waals surface area contributed by atoms with Crippen molar-refractivity contribution in [2.75, 3.05) is 6.54 Å². The second kappa shape index (κ2) is 7.41. The van der Waals surface area contributed by atoms with Gasteiger partial charge in [0.1, 0.15) is 5.82 Å². The monoisotopic (exact) mass is 410 g/mol. The van der Waals surface area contributed by atoms with Crippen LogP contribution in [0.4, 0.5) is 0 Å². The lowest BCUT2D eigenvalue weighted by Crippen LogP contribution is -2.32. The van der Waals surface area contributed by atoms with Crippen LogP contribution in [0.25, 0.3) is 11.3 Å². The predicted molar refractivity (Wildman–Crippen MR) is 103 cm³/mol. The zero-order chi connectivity index (χ0) is 17.9. The van der Waals surface area contributed by atoms with E-state index in [0.29, 0.717) is 6.42 Å². The van der Waals surface area contributed by atoms with Crippen LogP contribution < -0.4 is 0 Å². The molecule has 2 aromatic heterocycles. The normalized spacial score (nSPS) is 16.8. The largest absolute Gasteiger partial charge is 0.340 e. The van der Waals surface area contributed by atoms with Gasteiger partial charge < -0.3 is 9.88 Å². The lowest BCUT2D eigenvalue weighted by Gasteiger charge is -2.23. The Morgan fingerprint density at radius 3 is 2.85 bits per heavy atom. The predicted octanol–water partition coefficient (Wildman–Crippen LogP) is 4.14. The van der Waals surface area contributed by atoms with E-state index in [2.05, 4.69) is 30.9 Å². The molecule has 26 heavy (non-hydrogen) atoms. The molecule has 0 saturated carbocycles. The number of carbonyl (C=O) groups excluding carboxylic acids is 1. The van der Waals surface area contributed by atoms with Gasteiger partial charge in [0.25, 0.3) is 0 Å². The summed E-state index contributed by atoms with van der Waals surface area (Å²) in [6, 6.07) is 11.9. The van der Waals surface area contributed by atoms with E-state index < -0.39 is 0 Å². The van der Waals surface area contributed by atoms with Crippen LogP contribution in [0.15, 0.2) is 59.5 Å². The Morgan fingerprint density at radius 2 is 2.08 bits per heavy atom. The lowest BCUT2D eigenvalue weighted by molar-refractivity contribution is -0.131. The molecule has 0 bridgehead atoms. The van der Waals surface area contributed by atoms with Crippen molar-refractivity contribution in [2.45, 2.75) is 25.3 Å². The molecular formula is C20H19BrN4O. The van der Waals surface area contributed by atoms with Crippen molar-refractivity contribution in [2.24, 2.45) is 0 Å². The number of H-pyrrole nitrogens is 1. The van der Waals surface area contributed by atoms with Gasteiger partial charge in [-0.2, -0.15) is 0 Å². The fraction of sp³-hybridized carbons (Fsp3) is 0.250. The van der Waals surface area contributed by atoms with Crippen molar-refractivity contribution >= 4 is 21.8 Å². The third-order valence-corrected chi connectivity index (χ3v) is 5.25. The van der Waals surface area contributed by atoms with E-state index >= 15 is 0 Å². The number of likely N-dealkylation sites (tertiary alicyclic amines) is 1. The maximum atomic E-state index is 12.8. The van der Waals surface area contributed by atoms with Crippen molar-refractivity contribution in [3.05, 3.63) is 70.8 Å². The minimum Gasteiger partial charge on any atom is -0.340 e. The first kappa shape index (κ1) is 17.0. The molecule has 1 amide bonds. The molecule has 132 valence electrons. The summed E-state index contributed by atoms with van der Waals surface area (Å²) in [5, 5.41) is 0. The molecule has 0 spiro atoms. The molecule has 1 aliphatic heterocycles. The van der Waals surface area contributed by atoms with Gasteiger partial charge in [0.05, 0.1) is 24.4 Å². The number of aromatic nitrogens is 3. The van der Waals surface area contributed by atoms with E-state index in [1.807, 2.05) is 47.5 Å². The highest BCUT2D eigenvalue weighted by molar-refractivity contribution is 9.10. The molecule has 0 radical (unpaired) electrons. The van der Waals surface area contributed by atoms with Gasteiger partial charge >= 0.3 is 0 Å². The smallest absolute Gasteiger partial charge is 0.227 e. The molecule has 1 fully saturated rings. The highest BCUT2D eigenvalue weighted by Gasteiger charge is 2.31. The number of pyridine rings is 1. The molecule has 0 unspecified atom stereocenters. The van der Waals surface area contributed by atoms with E-state index in [9.17, 15) is 4.79 Å². The molecule has 3 heterocycles. The standard InChI is InChI=1S/C20H19BrN4O/c21-16-7-5-15(6-8-16)17-13-23-20(24-17)18-4-2-10-25(18)19(26)11-14-3-1-9-22-12-14/h1,3,5-9,12-13,18H,2,4,10-11H2,(H,23,24)/t18-/m0/s1. The first-order valence-corrected chi connectivity index (χ1v) is 9.49. The number of rotatable bonds is 4. The van der Waals surface area contributed by atoms with Crippen molar-refractivity contribution < 1.29 is 4.79 Å².